The lowest BCUT2D eigenvalue weighted by atomic mass is 10.0. The van der Waals surface area contributed by atoms with Crippen LogP contribution in [0.2, 0.25) is 0 Å². The minimum Gasteiger partial charge on any atom is -0.497 e. The van der Waals surface area contributed by atoms with Crippen molar-refractivity contribution in [3.05, 3.63) is 89.5 Å². The highest BCUT2D eigenvalue weighted by Gasteiger charge is 2.31. The Hall–Kier alpha value is -4.13. The number of hydrogen-bond donors (Lipinski definition) is 1. The van der Waals surface area contributed by atoms with Gasteiger partial charge in [-0.3, -0.25) is 4.79 Å². The van der Waals surface area contributed by atoms with Gasteiger partial charge < -0.3 is 14.2 Å². The van der Waals surface area contributed by atoms with E-state index in [-0.39, 0.29) is 12.3 Å². The average molecular weight is 416 g/mol. The van der Waals surface area contributed by atoms with Crippen molar-refractivity contribution in [3.63, 3.8) is 0 Å². The highest BCUT2D eigenvalue weighted by atomic mass is 16.5. The zero-order valence-electron chi connectivity index (χ0n) is 16.8. The molecule has 0 saturated heterocycles. The van der Waals surface area contributed by atoms with Crippen LogP contribution in [0.1, 0.15) is 34.0 Å². The van der Waals surface area contributed by atoms with Gasteiger partial charge in [0, 0.05) is 5.56 Å². The number of benzene rings is 3. The second kappa shape index (κ2) is 9.13. The van der Waals surface area contributed by atoms with E-state index in [0.717, 1.165) is 16.9 Å². The summed E-state index contributed by atoms with van der Waals surface area (Å²) in [5.74, 6) is 1.30. The van der Waals surface area contributed by atoms with E-state index in [1.807, 2.05) is 48.5 Å². The van der Waals surface area contributed by atoms with Crippen molar-refractivity contribution < 1.29 is 23.8 Å². The van der Waals surface area contributed by atoms with Gasteiger partial charge in [-0.25, -0.2) is 10.2 Å². The van der Waals surface area contributed by atoms with Gasteiger partial charge in [0.2, 0.25) is 5.91 Å². The smallest absolute Gasteiger partial charge is 0.339 e. The van der Waals surface area contributed by atoms with E-state index in [1.165, 1.54) is 6.21 Å². The van der Waals surface area contributed by atoms with E-state index in [9.17, 15) is 9.59 Å². The average Bonchev–Trinajstić information content (AvgIpc) is 3.10. The number of esters is 1. The van der Waals surface area contributed by atoms with Gasteiger partial charge in [0.1, 0.15) is 23.4 Å². The minimum atomic E-state index is -0.597. The summed E-state index contributed by atoms with van der Waals surface area (Å²) in [6, 6.07) is 21.6. The number of fused-ring (bicyclic) bond motifs is 1. The lowest BCUT2D eigenvalue weighted by Crippen LogP contribution is -2.20. The van der Waals surface area contributed by atoms with Gasteiger partial charge in [-0.05, 0) is 48.0 Å². The highest BCUT2D eigenvalue weighted by molar-refractivity contribution is 5.94. The van der Waals surface area contributed by atoms with Crippen molar-refractivity contribution in [2.75, 3.05) is 7.11 Å². The predicted octanol–water partition coefficient (Wildman–Crippen LogP) is 4.24. The van der Waals surface area contributed by atoms with E-state index in [0.29, 0.717) is 17.1 Å². The van der Waals surface area contributed by atoms with E-state index >= 15 is 0 Å². The maximum atomic E-state index is 12.2. The lowest BCUT2D eigenvalue weighted by molar-refractivity contribution is -0.122. The van der Waals surface area contributed by atoms with Gasteiger partial charge in [-0.1, -0.05) is 30.3 Å². The molecule has 1 atom stereocenters. The third kappa shape index (κ3) is 4.90. The molecule has 0 aromatic heterocycles. The van der Waals surface area contributed by atoms with Gasteiger partial charge in [-0.2, -0.15) is 5.10 Å². The SMILES string of the molecule is COc1ccc(Oc2cccc(/C=N/NC(=O)CC3OC(=O)c4ccccc43)c2)cc1. The molecule has 4 rings (SSSR count). The number of hydrogen-bond acceptors (Lipinski definition) is 6. The van der Waals surface area contributed by atoms with Crippen molar-refractivity contribution in [2.24, 2.45) is 5.10 Å². The molecule has 1 aliphatic rings. The third-order valence-electron chi connectivity index (χ3n) is 4.70. The van der Waals surface area contributed by atoms with Crippen LogP contribution in [-0.4, -0.2) is 25.2 Å². The molecule has 3 aromatic carbocycles. The molecule has 0 saturated carbocycles. The Labute approximate surface area is 179 Å². The van der Waals surface area contributed by atoms with Crippen LogP contribution < -0.4 is 14.9 Å². The molecule has 156 valence electrons. The summed E-state index contributed by atoms with van der Waals surface area (Å²) in [6.07, 6.45) is 0.925. The number of rotatable bonds is 7. The molecule has 0 spiro atoms. The zero-order chi connectivity index (χ0) is 21.6. The summed E-state index contributed by atoms with van der Waals surface area (Å²) in [5.41, 5.74) is 4.44. The van der Waals surface area contributed by atoms with Gasteiger partial charge in [0.25, 0.3) is 0 Å². The summed E-state index contributed by atoms with van der Waals surface area (Å²) in [4.78, 5) is 24.1. The van der Waals surface area contributed by atoms with Gasteiger partial charge >= 0.3 is 5.97 Å². The molecule has 0 bridgehead atoms. The van der Waals surface area contributed by atoms with Crippen molar-refractivity contribution >= 4 is 18.1 Å². The molecule has 1 aliphatic heterocycles. The topological polar surface area (TPSA) is 86.2 Å². The van der Waals surface area contributed by atoms with Crippen LogP contribution in [-0.2, 0) is 9.53 Å². The number of hydrazone groups is 1. The molecule has 1 amide bonds. The Bertz CT molecular complexity index is 1120. The van der Waals surface area contributed by atoms with Gasteiger partial charge in [0.05, 0.1) is 25.3 Å². The number of nitrogens with one attached hydrogen (secondary N) is 1. The second-order valence-corrected chi connectivity index (χ2v) is 6.83. The first-order valence-corrected chi connectivity index (χ1v) is 9.66. The zero-order valence-corrected chi connectivity index (χ0v) is 16.8. The number of carbonyl (C=O) groups is 2. The van der Waals surface area contributed by atoms with Crippen molar-refractivity contribution in [2.45, 2.75) is 12.5 Å². The lowest BCUT2D eigenvalue weighted by Gasteiger charge is -2.09. The first-order chi connectivity index (χ1) is 15.1. The van der Waals surface area contributed by atoms with Crippen molar-refractivity contribution in [1.29, 1.82) is 0 Å². The third-order valence-corrected chi connectivity index (χ3v) is 4.70. The summed E-state index contributed by atoms with van der Waals surface area (Å²) in [7, 11) is 1.61. The second-order valence-electron chi connectivity index (χ2n) is 6.83. The Morgan fingerprint density at radius 2 is 1.81 bits per heavy atom. The van der Waals surface area contributed by atoms with Crippen molar-refractivity contribution in [3.8, 4) is 17.2 Å². The molecule has 0 radical (unpaired) electrons. The Balaban J connectivity index is 1.33. The molecular formula is C24H20N2O5. The number of ether oxygens (including phenoxy) is 3. The number of cyclic esters (lactones) is 1. The fraction of sp³-hybridized carbons (Fsp3) is 0.125. The van der Waals surface area contributed by atoms with Crippen LogP contribution in [0.3, 0.4) is 0 Å². The van der Waals surface area contributed by atoms with Crippen LogP contribution >= 0.6 is 0 Å². The number of carbonyl (C=O) groups excluding carboxylic acids is 2. The van der Waals surface area contributed by atoms with E-state index < -0.39 is 12.1 Å². The van der Waals surface area contributed by atoms with E-state index in [4.69, 9.17) is 14.2 Å². The van der Waals surface area contributed by atoms with E-state index in [1.54, 1.807) is 31.4 Å². The van der Waals surface area contributed by atoms with Gasteiger partial charge in [0.15, 0.2) is 0 Å². The van der Waals surface area contributed by atoms with Crippen LogP contribution in [0.5, 0.6) is 17.2 Å². The van der Waals surface area contributed by atoms with Gasteiger partial charge in [-0.15, -0.1) is 0 Å². The van der Waals surface area contributed by atoms with Crippen LogP contribution in [0.25, 0.3) is 0 Å². The molecule has 7 nitrogen and oxygen atoms in total. The minimum absolute atomic E-state index is 0.000708. The highest BCUT2D eigenvalue weighted by Crippen LogP contribution is 2.32. The molecular weight excluding hydrogens is 396 g/mol. The Morgan fingerprint density at radius 3 is 2.61 bits per heavy atom. The number of methoxy groups -OCH3 is 1. The normalized spacial score (nSPS) is 14.7. The van der Waals surface area contributed by atoms with Crippen LogP contribution in [0.4, 0.5) is 0 Å². The number of amides is 1. The molecule has 3 aromatic rings. The molecule has 0 aliphatic carbocycles. The molecule has 1 unspecified atom stereocenters. The molecule has 1 N–H and O–H groups in total. The Morgan fingerprint density at radius 1 is 1.03 bits per heavy atom. The maximum absolute atomic E-state index is 12.2. The first-order valence-electron chi connectivity index (χ1n) is 9.66. The number of nitrogens with zero attached hydrogens (tertiary/aromatic N) is 1. The Kier molecular flexibility index (Phi) is 5.93. The molecule has 31 heavy (non-hydrogen) atoms. The first kappa shape index (κ1) is 20.2. The monoisotopic (exact) mass is 416 g/mol. The molecule has 7 heteroatoms. The van der Waals surface area contributed by atoms with Crippen LogP contribution in [0, 0.1) is 0 Å². The molecule has 1 heterocycles. The summed E-state index contributed by atoms with van der Waals surface area (Å²) in [6.45, 7) is 0. The fourth-order valence-corrected chi connectivity index (χ4v) is 3.20. The predicted molar refractivity (Wildman–Crippen MR) is 114 cm³/mol. The summed E-state index contributed by atoms with van der Waals surface area (Å²) < 4.78 is 16.2. The summed E-state index contributed by atoms with van der Waals surface area (Å²) in [5, 5.41) is 3.99. The maximum Gasteiger partial charge on any atom is 0.339 e. The van der Waals surface area contributed by atoms with E-state index in [2.05, 4.69) is 10.5 Å². The quantitative estimate of drug-likeness (QED) is 0.354. The van der Waals surface area contributed by atoms with Crippen LogP contribution in [0.15, 0.2) is 77.9 Å². The molecule has 0 fully saturated rings. The standard InChI is InChI=1S/C24H20N2O5/c1-29-17-9-11-18(12-10-17)30-19-6-4-5-16(13-19)15-25-26-23(27)14-22-20-7-2-3-8-21(20)24(28)31-22/h2-13,15,22H,14H2,1H3,(H,26,27)/b25-15+. The summed E-state index contributed by atoms with van der Waals surface area (Å²) >= 11 is 0. The fourth-order valence-electron chi connectivity index (χ4n) is 3.20. The van der Waals surface area contributed by atoms with Crippen molar-refractivity contribution in [1.82, 2.24) is 5.43 Å². The largest absolute Gasteiger partial charge is 0.497 e.